The van der Waals surface area contributed by atoms with Gasteiger partial charge >= 0.3 is 0 Å². The fourth-order valence-electron chi connectivity index (χ4n) is 2.20. The Kier molecular flexibility index (Phi) is 4.97. The van der Waals surface area contributed by atoms with Gasteiger partial charge in [-0.25, -0.2) is 13.1 Å². The summed E-state index contributed by atoms with van der Waals surface area (Å²) in [6.45, 7) is 4.45. The van der Waals surface area contributed by atoms with Crippen molar-refractivity contribution in [1.82, 2.24) is 9.62 Å². The molecule has 19 heavy (non-hydrogen) atoms. The highest BCUT2D eigenvalue weighted by Gasteiger charge is 2.21. The van der Waals surface area contributed by atoms with Crippen LogP contribution in [-0.2, 0) is 16.6 Å². The predicted octanol–water partition coefficient (Wildman–Crippen LogP) is 1.00. The van der Waals surface area contributed by atoms with Gasteiger partial charge in [-0.3, -0.25) is 4.90 Å². The van der Waals surface area contributed by atoms with E-state index in [0.717, 1.165) is 24.4 Å². The van der Waals surface area contributed by atoms with Crippen LogP contribution in [0.5, 0.6) is 0 Å². The van der Waals surface area contributed by atoms with E-state index in [2.05, 4.69) is 9.62 Å². The quantitative estimate of drug-likeness (QED) is 0.823. The molecule has 1 aromatic rings. The number of likely N-dealkylation sites (tertiary alicyclic amines) is 1. The standard InChI is InChI=1S/C12H20N2O3S2/c1-10(14-6-2-3-7-14)8-13-19(16,17)12-5-4-11(9-15)18-12/h4-5,10,13,15H,2-3,6-9H2,1H3. The fourth-order valence-corrected chi connectivity index (χ4v) is 4.58. The van der Waals surface area contributed by atoms with Crippen molar-refractivity contribution in [2.75, 3.05) is 19.6 Å². The summed E-state index contributed by atoms with van der Waals surface area (Å²) in [7, 11) is -3.44. The smallest absolute Gasteiger partial charge is 0.250 e. The molecular weight excluding hydrogens is 284 g/mol. The van der Waals surface area contributed by atoms with Crippen molar-refractivity contribution in [3.8, 4) is 0 Å². The van der Waals surface area contributed by atoms with Crippen LogP contribution in [0.1, 0.15) is 24.6 Å². The van der Waals surface area contributed by atoms with Crippen LogP contribution in [0.4, 0.5) is 0 Å². The Morgan fingerprint density at radius 3 is 2.68 bits per heavy atom. The van der Waals surface area contributed by atoms with Gasteiger partial charge in [0.15, 0.2) is 0 Å². The molecule has 108 valence electrons. The van der Waals surface area contributed by atoms with Crippen molar-refractivity contribution in [2.24, 2.45) is 0 Å². The van der Waals surface area contributed by atoms with Gasteiger partial charge in [0.25, 0.3) is 0 Å². The molecule has 1 aliphatic rings. The van der Waals surface area contributed by atoms with Crippen molar-refractivity contribution >= 4 is 21.4 Å². The van der Waals surface area contributed by atoms with Crippen LogP contribution in [-0.4, -0.2) is 44.1 Å². The van der Waals surface area contributed by atoms with E-state index >= 15 is 0 Å². The molecule has 0 spiro atoms. The highest BCUT2D eigenvalue weighted by molar-refractivity contribution is 7.91. The molecule has 2 heterocycles. The Balaban J connectivity index is 1.93. The second-order valence-electron chi connectivity index (χ2n) is 4.82. The lowest BCUT2D eigenvalue weighted by Gasteiger charge is -2.23. The van der Waals surface area contributed by atoms with Crippen molar-refractivity contribution in [3.05, 3.63) is 17.0 Å². The minimum Gasteiger partial charge on any atom is -0.391 e. The molecular formula is C12H20N2O3S2. The van der Waals surface area contributed by atoms with Gasteiger partial charge in [0, 0.05) is 17.5 Å². The molecule has 2 rings (SSSR count). The first-order valence-electron chi connectivity index (χ1n) is 6.46. The third-order valence-electron chi connectivity index (χ3n) is 3.39. The Hall–Kier alpha value is -0.470. The molecule has 1 aliphatic heterocycles. The number of nitrogens with zero attached hydrogens (tertiary/aromatic N) is 1. The average Bonchev–Trinajstić information content (AvgIpc) is 3.06. The molecule has 0 bridgehead atoms. The molecule has 0 radical (unpaired) electrons. The third kappa shape index (κ3) is 3.76. The summed E-state index contributed by atoms with van der Waals surface area (Å²) in [5.41, 5.74) is 0. The first kappa shape index (κ1) is 14.9. The van der Waals surface area contributed by atoms with E-state index in [1.807, 2.05) is 6.92 Å². The van der Waals surface area contributed by atoms with Crippen molar-refractivity contribution in [2.45, 2.75) is 36.6 Å². The highest BCUT2D eigenvalue weighted by atomic mass is 32.2. The summed E-state index contributed by atoms with van der Waals surface area (Å²) < 4.78 is 27.1. The second kappa shape index (κ2) is 6.32. The minimum atomic E-state index is -3.44. The molecule has 0 aliphatic carbocycles. The highest BCUT2D eigenvalue weighted by Crippen LogP contribution is 2.21. The Morgan fingerprint density at radius 2 is 2.11 bits per heavy atom. The summed E-state index contributed by atoms with van der Waals surface area (Å²) in [5, 5.41) is 8.97. The van der Waals surface area contributed by atoms with Crippen molar-refractivity contribution < 1.29 is 13.5 Å². The number of hydrogen-bond donors (Lipinski definition) is 2. The van der Waals surface area contributed by atoms with E-state index in [1.165, 1.54) is 12.8 Å². The summed E-state index contributed by atoms with van der Waals surface area (Å²) in [6.07, 6.45) is 2.39. The molecule has 1 aromatic heterocycles. The average molecular weight is 304 g/mol. The third-order valence-corrected chi connectivity index (χ3v) is 6.38. The van der Waals surface area contributed by atoms with Crippen LogP contribution in [0, 0.1) is 0 Å². The van der Waals surface area contributed by atoms with Gasteiger partial charge in [0.1, 0.15) is 4.21 Å². The zero-order valence-electron chi connectivity index (χ0n) is 11.0. The van der Waals surface area contributed by atoms with E-state index in [4.69, 9.17) is 5.11 Å². The topological polar surface area (TPSA) is 69.6 Å². The van der Waals surface area contributed by atoms with E-state index in [-0.39, 0.29) is 16.9 Å². The van der Waals surface area contributed by atoms with Crippen LogP contribution >= 0.6 is 11.3 Å². The molecule has 7 heteroatoms. The zero-order chi connectivity index (χ0) is 13.9. The number of aliphatic hydroxyl groups excluding tert-OH is 1. The predicted molar refractivity (Wildman–Crippen MR) is 75.7 cm³/mol. The Bertz CT molecular complexity index is 507. The lowest BCUT2D eigenvalue weighted by molar-refractivity contribution is 0.260. The number of rotatable bonds is 6. The van der Waals surface area contributed by atoms with Crippen LogP contribution in [0.15, 0.2) is 16.3 Å². The first-order chi connectivity index (χ1) is 9.03. The first-order valence-corrected chi connectivity index (χ1v) is 8.76. The molecule has 2 N–H and O–H groups in total. The lowest BCUT2D eigenvalue weighted by atomic mass is 10.3. The van der Waals surface area contributed by atoms with Crippen molar-refractivity contribution in [3.63, 3.8) is 0 Å². The summed E-state index contributed by atoms with van der Waals surface area (Å²) >= 11 is 1.11. The maximum atomic E-state index is 12.1. The SMILES string of the molecule is CC(CNS(=O)(=O)c1ccc(CO)s1)N1CCCC1. The van der Waals surface area contributed by atoms with Gasteiger partial charge in [-0.05, 0) is 45.0 Å². The molecule has 0 saturated carbocycles. The normalized spacial score (nSPS) is 18.8. The van der Waals surface area contributed by atoms with Gasteiger partial charge < -0.3 is 5.11 Å². The van der Waals surface area contributed by atoms with Gasteiger partial charge in [0.2, 0.25) is 10.0 Å². The van der Waals surface area contributed by atoms with Crippen molar-refractivity contribution in [1.29, 1.82) is 0 Å². The Morgan fingerprint density at radius 1 is 1.42 bits per heavy atom. The molecule has 0 aromatic carbocycles. The largest absolute Gasteiger partial charge is 0.391 e. The number of hydrogen-bond acceptors (Lipinski definition) is 5. The van der Waals surface area contributed by atoms with Gasteiger partial charge in [-0.15, -0.1) is 11.3 Å². The monoisotopic (exact) mass is 304 g/mol. The minimum absolute atomic E-state index is 0.121. The maximum absolute atomic E-state index is 12.1. The van der Waals surface area contributed by atoms with E-state index in [1.54, 1.807) is 12.1 Å². The zero-order valence-corrected chi connectivity index (χ0v) is 12.6. The van der Waals surface area contributed by atoms with Crippen LogP contribution in [0.3, 0.4) is 0 Å². The summed E-state index contributed by atoms with van der Waals surface area (Å²) in [6, 6.07) is 3.40. The molecule has 0 amide bonds. The van der Waals surface area contributed by atoms with Gasteiger partial charge in [-0.1, -0.05) is 0 Å². The van der Waals surface area contributed by atoms with E-state index < -0.39 is 10.0 Å². The van der Waals surface area contributed by atoms with Gasteiger partial charge in [0.05, 0.1) is 6.61 Å². The molecule has 1 fully saturated rings. The van der Waals surface area contributed by atoms with Gasteiger partial charge in [-0.2, -0.15) is 0 Å². The van der Waals surface area contributed by atoms with E-state index in [0.29, 0.717) is 11.4 Å². The number of thiophene rings is 1. The molecule has 1 unspecified atom stereocenters. The van der Waals surface area contributed by atoms with Crippen LogP contribution in [0.2, 0.25) is 0 Å². The molecule has 5 nitrogen and oxygen atoms in total. The second-order valence-corrected chi connectivity index (χ2v) is 7.98. The van der Waals surface area contributed by atoms with Crippen LogP contribution < -0.4 is 4.72 Å². The number of nitrogens with one attached hydrogen (secondary N) is 1. The van der Waals surface area contributed by atoms with Crippen LogP contribution in [0.25, 0.3) is 0 Å². The fraction of sp³-hybridized carbons (Fsp3) is 0.667. The summed E-state index contributed by atoms with van der Waals surface area (Å²) in [5.74, 6) is 0. The number of sulfonamides is 1. The number of aliphatic hydroxyl groups is 1. The molecule has 1 atom stereocenters. The Labute approximate surface area is 118 Å². The van der Waals surface area contributed by atoms with E-state index in [9.17, 15) is 8.42 Å². The maximum Gasteiger partial charge on any atom is 0.250 e. The summed E-state index contributed by atoms with van der Waals surface area (Å²) in [4.78, 5) is 2.96. The molecule has 1 saturated heterocycles. The lowest BCUT2D eigenvalue weighted by Crippen LogP contribution is -2.40.